The lowest BCUT2D eigenvalue weighted by Crippen LogP contribution is -2.24. The lowest BCUT2D eigenvalue weighted by molar-refractivity contribution is -0.242. The molecular weight excluding hydrogens is 454 g/mol. The van der Waals surface area contributed by atoms with Crippen LogP contribution in [0.3, 0.4) is 0 Å². The molecule has 10 heteroatoms. The second-order valence-electron chi connectivity index (χ2n) is 8.39. The van der Waals surface area contributed by atoms with E-state index >= 15 is 0 Å². The number of hydrogen-bond acceptors (Lipinski definition) is 7. The van der Waals surface area contributed by atoms with E-state index in [9.17, 15) is 14.4 Å². The summed E-state index contributed by atoms with van der Waals surface area (Å²) in [5.41, 5.74) is 10.6. The van der Waals surface area contributed by atoms with Crippen LogP contribution in [0.25, 0.3) is 0 Å². The van der Waals surface area contributed by atoms with Crippen molar-refractivity contribution in [3.63, 3.8) is 0 Å². The van der Waals surface area contributed by atoms with E-state index in [0.29, 0.717) is 38.7 Å². The summed E-state index contributed by atoms with van der Waals surface area (Å²) in [7, 11) is 0. The summed E-state index contributed by atoms with van der Waals surface area (Å²) in [6.45, 7) is 4.87. The molecule has 0 aromatic rings. The predicted octanol–water partition coefficient (Wildman–Crippen LogP) is 4.30. The molecule has 8 N–H and O–H groups in total. The maximum Gasteiger partial charge on any atom is 0.303 e. The van der Waals surface area contributed by atoms with Crippen molar-refractivity contribution in [1.29, 1.82) is 0 Å². The monoisotopic (exact) mass is 507 g/mol. The average Bonchev–Trinajstić information content (AvgIpc) is 2.82. The van der Waals surface area contributed by atoms with Gasteiger partial charge in [0.05, 0.1) is 6.61 Å². The number of carboxylic acid groups (broad SMARTS) is 2. The molecule has 0 radical (unpaired) electrons. The largest absolute Gasteiger partial charge is 0.481 e. The van der Waals surface area contributed by atoms with Crippen molar-refractivity contribution < 1.29 is 34.7 Å². The summed E-state index contributed by atoms with van der Waals surface area (Å²) in [4.78, 5) is 35.3. The van der Waals surface area contributed by atoms with E-state index in [0.717, 1.165) is 45.3 Å². The van der Waals surface area contributed by atoms with Crippen molar-refractivity contribution in [3.8, 4) is 0 Å². The highest BCUT2D eigenvalue weighted by atomic mass is 17.1. The van der Waals surface area contributed by atoms with Crippen LogP contribution in [0.4, 0.5) is 0 Å². The number of rotatable bonds is 22. The molecule has 0 aliphatic rings. The Balaban J connectivity index is -0.000000483. The molecule has 0 aliphatic heterocycles. The lowest BCUT2D eigenvalue weighted by Gasteiger charge is -2.04. The number of hydrogen-bond donors (Lipinski definition) is 6. The first-order valence-electron chi connectivity index (χ1n) is 13.2. The van der Waals surface area contributed by atoms with Crippen LogP contribution in [-0.2, 0) is 19.3 Å². The Morgan fingerprint density at radius 2 is 1.11 bits per heavy atom. The van der Waals surface area contributed by atoms with Crippen molar-refractivity contribution in [3.05, 3.63) is 0 Å². The second kappa shape index (κ2) is 34.4. The normalized spacial score (nSPS) is 9.94. The minimum atomic E-state index is -0.790. The van der Waals surface area contributed by atoms with Crippen molar-refractivity contribution in [2.45, 2.75) is 116 Å². The fraction of sp³-hybridized carbons (Fsp3) is 0.880. The SMILES string of the molecule is CCCCCCCNC(=O)CCCCC(=O)O.NCCCCCCN.O=C(O)CCCCCOO. The fourth-order valence-corrected chi connectivity index (χ4v) is 2.87. The van der Waals surface area contributed by atoms with E-state index in [1.165, 1.54) is 38.5 Å². The fourth-order valence-electron chi connectivity index (χ4n) is 2.87. The molecule has 10 nitrogen and oxygen atoms in total. The first-order valence-corrected chi connectivity index (χ1v) is 13.2. The lowest BCUT2D eigenvalue weighted by atomic mass is 10.1. The Morgan fingerprint density at radius 1 is 0.657 bits per heavy atom. The Bertz CT molecular complexity index is 460. The molecule has 0 aromatic heterocycles. The summed E-state index contributed by atoms with van der Waals surface area (Å²) in [6, 6.07) is 0. The van der Waals surface area contributed by atoms with Crippen LogP contribution in [-0.4, -0.2) is 59.6 Å². The maximum atomic E-state index is 11.3. The number of nitrogens with two attached hydrogens (primary N) is 2. The zero-order valence-electron chi connectivity index (χ0n) is 22.0. The molecule has 0 unspecified atom stereocenters. The summed E-state index contributed by atoms with van der Waals surface area (Å²) in [6.07, 6.45) is 14.9. The van der Waals surface area contributed by atoms with E-state index in [4.69, 9.17) is 26.9 Å². The summed E-state index contributed by atoms with van der Waals surface area (Å²) >= 11 is 0. The molecule has 1 amide bonds. The Kier molecular flexibility index (Phi) is 37.2. The third kappa shape index (κ3) is 46.3. The van der Waals surface area contributed by atoms with Gasteiger partial charge < -0.3 is 27.0 Å². The smallest absolute Gasteiger partial charge is 0.303 e. The van der Waals surface area contributed by atoms with Gasteiger partial charge in [-0.1, -0.05) is 51.9 Å². The summed E-state index contributed by atoms with van der Waals surface area (Å²) in [5, 5.41) is 27.3. The van der Waals surface area contributed by atoms with Crippen LogP contribution in [0.2, 0.25) is 0 Å². The van der Waals surface area contributed by atoms with Crippen molar-refractivity contribution in [2.24, 2.45) is 11.5 Å². The van der Waals surface area contributed by atoms with Crippen LogP contribution < -0.4 is 16.8 Å². The van der Waals surface area contributed by atoms with Crippen molar-refractivity contribution in [2.75, 3.05) is 26.2 Å². The summed E-state index contributed by atoms with van der Waals surface area (Å²) in [5.74, 6) is -1.52. The number of unbranched alkanes of at least 4 members (excludes halogenated alkanes) is 10. The average molecular weight is 508 g/mol. The molecule has 0 bridgehead atoms. The number of carboxylic acids is 2. The maximum absolute atomic E-state index is 11.3. The van der Waals surface area contributed by atoms with Gasteiger partial charge in [0.15, 0.2) is 0 Å². The van der Waals surface area contributed by atoms with Crippen molar-refractivity contribution in [1.82, 2.24) is 5.32 Å². The van der Waals surface area contributed by atoms with Crippen LogP contribution >= 0.6 is 0 Å². The minimum Gasteiger partial charge on any atom is -0.481 e. The Labute approximate surface area is 212 Å². The number of aliphatic carboxylic acids is 2. The summed E-state index contributed by atoms with van der Waals surface area (Å²) < 4.78 is 0. The molecule has 0 saturated heterocycles. The van der Waals surface area contributed by atoms with E-state index in [2.05, 4.69) is 17.1 Å². The third-order valence-corrected chi connectivity index (χ3v) is 4.93. The third-order valence-electron chi connectivity index (χ3n) is 4.93. The Hall–Kier alpha value is -1.75. The molecule has 0 spiro atoms. The van der Waals surface area contributed by atoms with Gasteiger partial charge in [0.1, 0.15) is 0 Å². The van der Waals surface area contributed by atoms with Crippen molar-refractivity contribution >= 4 is 17.8 Å². The highest BCUT2D eigenvalue weighted by molar-refractivity contribution is 5.75. The molecule has 0 atom stereocenters. The topological polar surface area (TPSA) is 185 Å². The van der Waals surface area contributed by atoms with Gasteiger partial charge in [-0.25, -0.2) is 4.89 Å². The van der Waals surface area contributed by atoms with Gasteiger partial charge in [-0.3, -0.25) is 19.6 Å². The molecule has 35 heavy (non-hydrogen) atoms. The Morgan fingerprint density at radius 3 is 1.60 bits per heavy atom. The molecule has 0 rings (SSSR count). The van der Waals surface area contributed by atoms with Crippen LogP contribution in [0, 0.1) is 0 Å². The standard InChI is InChI=1S/C13H25NO3.C6H16N2.C6H12O4/c1-2-3-4-5-8-11-14-12(15)9-6-7-10-13(16)17;7-5-3-1-2-4-6-8;7-6(8)4-2-1-3-5-10-9/h2-11H2,1H3,(H,14,15)(H,16,17);1-8H2;9H,1-5H2,(H,7,8). The zero-order chi connectivity index (χ0) is 27.0. The minimum absolute atomic E-state index is 0.0471. The van der Waals surface area contributed by atoms with E-state index < -0.39 is 11.9 Å². The number of amides is 1. The van der Waals surface area contributed by atoms with E-state index in [1.54, 1.807) is 0 Å². The first-order chi connectivity index (χ1) is 16.8. The van der Waals surface area contributed by atoms with Gasteiger partial charge in [0.25, 0.3) is 0 Å². The van der Waals surface area contributed by atoms with Crippen LogP contribution in [0.15, 0.2) is 0 Å². The predicted molar refractivity (Wildman–Crippen MR) is 139 cm³/mol. The number of nitrogens with one attached hydrogen (secondary N) is 1. The molecule has 0 heterocycles. The first kappa shape index (κ1) is 37.8. The molecule has 0 aliphatic carbocycles. The molecule has 0 aromatic carbocycles. The van der Waals surface area contributed by atoms with Gasteiger partial charge in [-0.2, -0.15) is 0 Å². The number of carbonyl (C=O) groups excluding carboxylic acids is 1. The van der Waals surface area contributed by atoms with Crippen LogP contribution in [0.5, 0.6) is 0 Å². The van der Waals surface area contributed by atoms with E-state index in [1.807, 2.05) is 0 Å². The highest BCUT2D eigenvalue weighted by Gasteiger charge is 2.02. The van der Waals surface area contributed by atoms with Gasteiger partial charge in [-0.05, 0) is 58.0 Å². The quantitative estimate of drug-likeness (QED) is 0.0705. The zero-order valence-corrected chi connectivity index (χ0v) is 22.0. The molecule has 0 saturated carbocycles. The van der Waals surface area contributed by atoms with Gasteiger partial charge in [0, 0.05) is 25.8 Å². The van der Waals surface area contributed by atoms with Gasteiger partial charge in [0.2, 0.25) is 5.91 Å². The molecule has 0 fully saturated rings. The molecule has 210 valence electrons. The van der Waals surface area contributed by atoms with Gasteiger partial charge in [-0.15, -0.1) is 0 Å². The number of carbonyl (C=O) groups is 3. The van der Waals surface area contributed by atoms with Gasteiger partial charge >= 0.3 is 11.9 Å². The van der Waals surface area contributed by atoms with E-state index in [-0.39, 0.29) is 18.7 Å². The molecular formula is C25H53N3O7. The second-order valence-corrected chi connectivity index (χ2v) is 8.39. The van der Waals surface area contributed by atoms with Crippen LogP contribution in [0.1, 0.15) is 116 Å². The highest BCUT2D eigenvalue weighted by Crippen LogP contribution is 2.02.